The van der Waals surface area contributed by atoms with Crippen LogP contribution in [0.3, 0.4) is 0 Å². The summed E-state index contributed by atoms with van der Waals surface area (Å²) < 4.78 is 0. The quantitative estimate of drug-likeness (QED) is 0.804. The molecular weight excluding hydrogens is 295 g/mol. The number of nitrogens with zero attached hydrogens (tertiary/aromatic N) is 2. The van der Waals surface area contributed by atoms with E-state index in [1.165, 1.54) is 17.8 Å². The standard InChI is InChI=1S/C15H14Cl2N2O/c1-10-4-3-5-11(6-10)9-19(2)15(20)12-7-13(16)14(17)18-8-12/h3-8H,9H2,1-2H3. The third-order valence-corrected chi connectivity index (χ3v) is 3.58. The van der Waals surface area contributed by atoms with Crippen molar-refractivity contribution in [1.82, 2.24) is 9.88 Å². The predicted octanol–water partition coefficient (Wildman–Crippen LogP) is 3.97. The van der Waals surface area contributed by atoms with Gasteiger partial charge in [-0.1, -0.05) is 53.0 Å². The second-order valence-corrected chi connectivity index (χ2v) is 5.41. The average Bonchev–Trinajstić information content (AvgIpc) is 2.41. The van der Waals surface area contributed by atoms with Gasteiger partial charge in [0, 0.05) is 19.8 Å². The summed E-state index contributed by atoms with van der Waals surface area (Å²) >= 11 is 11.6. The number of carbonyl (C=O) groups excluding carboxylic acids is 1. The van der Waals surface area contributed by atoms with Crippen LogP contribution >= 0.6 is 23.2 Å². The monoisotopic (exact) mass is 308 g/mol. The van der Waals surface area contributed by atoms with Gasteiger partial charge < -0.3 is 4.90 Å². The molecule has 104 valence electrons. The Hall–Kier alpha value is -1.58. The Morgan fingerprint density at radius 1 is 1.30 bits per heavy atom. The van der Waals surface area contributed by atoms with Crippen molar-refractivity contribution in [2.24, 2.45) is 0 Å². The molecule has 1 amide bonds. The molecule has 0 aliphatic rings. The predicted molar refractivity (Wildman–Crippen MR) is 81.2 cm³/mol. The number of amides is 1. The first kappa shape index (κ1) is 14.8. The molecule has 2 aromatic rings. The Balaban J connectivity index is 2.14. The molecule has 1 heterocycles. The van der Waals surface area contributed by atoms with Crippen LogP contribution in [0.15, 0.2) is 36.5 Å². The van der Waals surface area contributed by atoms with E-state index in [4.69, 9.17) is 23.2 Å². The van der Waals surface area contributed by atoms with E-state index >= 15 is 0 Å². The number of aryl methyl sites for hydroxylation is 1. The zero-order chi connectivity index (χ0) is 14.7. The Morgan fingerprint density at radius 3 is 2.70 bits per heavy atom. The van der Waals surface area contributed by atoms with Crippen molar-refractivity contribution in [3.05, 3.63) is 63.4 Å². The van der Waals surface area contributed by atoms with E-state index in [9.17, 15) is 4.79 Å². The summed E-state index contributed by atoms with van der Waals surface area (Å²) in [4.78, 5) is 17.8. The maximum atomic E-state index is 12.3. The third-order valence-electron chi connectivity index (χ3n) is 2.89. The molecule has 2 rings (SSSR count). The van der Waals surface area contributed by atoms with Gasteiger partial charge in [0.1, 0.15) is 5.15 Å². The van der Waals surface area contributed by atoms with E-state index in [2.05, 4.69) is 11.1 Å². The highest BCUT2D eigenvalue weighted by Gasteiger charge is 2.14. The van der Waals surface area contributed by atoms with Gasteiger partial charge in [-0.15, -0.1) is 0 Å². The molecule has 0 spiro atoms. The van der Waals surface area contributed by atoms with Crippen LogP contribution in [0.4, 0.5) is 0 Å². The molecule has 0 bridgehead atoms. The molecule has 20 heavy (non-hydrogen) atoms. The van der Waals surface area contributed by atoms with Gasteiger partial charge in [-0.2, -0.15) is 0 Å². The number of rotatable bonds is 3. The summed E-state index contributed by atoms with van der Waals surface area (Å²) in [6, 6.07) is 9.57. The fourth-order valence-electron chi connectivity index (χ4n) is 1.91. The Labute approximate surface area is 128 Å². The van der Waals surface area contributed by atoms with Crippen molar-refractivity contribution in [2.45, 2.75) is 13.5 Å². The maximum absolute atomic E-state index is 12.3. The number of hydrogen-bond acceptors (Lipinski definition) is 2. The van der Waals surface area contributed by atoms with Gasteiger partial charge in [-0.25, -0.2) is 4.98 Å². The minimum atomic E-state index is -0.141. The average molecular weight is 309 g/mol. The van der Waals surface area contributed by atoms with Gasteiger partial charge in [0.15, 0.2) is 0 Å². The molecule has 1 aromatic heterocycles. The second kappa shape index (κ2) is 6.25. The summed E-state index contributed by atoms with van der Waals surface area (Å²) in [5.41, 5.74) is 2.67. The van der Waals surface area contributed by atoms with Crippen molar-refractivity contribution < 1.29 is 4.79 Å². The summed E-state index contributed by atoms with van der Waals surface area (Å²) in [7, 11) is 1.74. The summed E-state index contributed by atoms with van der Waals surface area (Å²) in [6.45, 7) is 2.55. The Bertz CT molecular complexity index is 644. The van der Waals surface area contributed by atoms with Crippen LogP contribution in [0.2, 0.25) is 10.2 Å². The van der Waals surface area contributed by atoms with Gasteiger partial charge in [0.25, 0.3) is 5.91 Å². The lowest BCUT2D eigenvalue weighted by molar-refractivity contribution is 0.0784. The van der Waals surface area contributed by atoms with Crippen LogP contribution in [-0.2, 0) is 6.54 Å². The molecule has 0 aliphatic heterocycles. The van der Waals surface area contributed by atoms with E-state index in [1.807, 2.05) is 25.1 Å². The Kier molecular flexibility index (Phi) is 4.63. The topological polar surface area (TPSA) is 33.2 Å². The molecule has 5 heteroatoms. The number of halogens is 2. The van der Waals surface area contributed by atoms with E-state index < -0.39 is 0 Å². The SMILES string of the molecule is Cc1cccc(CN(C)C(=O)c2cnc(Cl)c(Cl)c2)c1. The van der Waals surface area contributed by atoms with Gasteiger partial charge >= 0.3 is 0 Å². The molecule has 0 unspecified atom stereocenters. The van der Waals surface area contributed by atoms with Gasteiger partial charge in [0.2, 0.25) is 0 Å². The van der Waals surface area contributed by atoms with E-state index in [1.54, 1.807) is 11.9 Å². The zero-order valence-corrected chi connectivity index (χ0v) is 12.7. The lowest BCUT2D eigenvalue weighted by Gasteiger charge is -2.17. The van der Waals surface area contributed by atoms with Crippen LogP contribution in [0.25, 0.3) is 0 Å². The summed E-state index contributed by atoms with van der Waals surface area (Å²) in [5.74, 6) is -0.141. The Morgan fingerprint density at radius 2 is 2.05 bits per heavy atom. The molecule has 0 saturated carbocycles. The van der Waals surface area contributed by atoms with Gasteiger partial charge in [-0.3, -0.25) is 4.79 Å². The first-order valence-corrected chi connectivity index (χ1v) is 6.85. The number of benzene rings is 1. The normalized spacial score (nSPS) is 10.4. The minimum absolute atomic E-state index is 0.141. The third kappa shape index (κ3) is 3.50. The molecule has 0 fully saturated rings. The van der Waals surface area contributed by atoms with E-state index in [0.29, 0.717) is 12.1 Å². The van der Waals surface area contributed by atoms with Crippen LogP contribution in [-0.4, -0.2) is 22.8 Å². The van der Waals surface area contributed by atoms with Crippen LogP contribution in [0.5, 0.6) is 0 Å². The molecule has 0 radical (unpaired) electrons. The lowest BCUT2D eigenvalue weighted by atomic mass is 10.1. The van der Waals surface area contributed by atoms with Crippen molar-refractivity contribution in [3.63, 3.8) is 0 Å². The summed E-state index contributed by atoms with van der Waals surface area (Å²) in [6.07, 6.45) is 1.43. The van der Waals surface area contributed by atoms with Gasteiger partial charge in [0.05, 0.1) is 10.6 Å². The fourth-order valence-corrected chi connectivity index (χ4v) is 2.18. The fraction of sp³-hybridized carbons (Fsp3) is 0.200. The van der Waals surface area contributed by atoms with Crippen molar-refractivity contribution in [1.29, 1.82) is 0 Å². The molecule has 0 saturated heterocycles. The van der Waals surface area contributed by atoms with Gasteiger partial charge in [-0.05, 0) is 18.6 Å². The zero-order valence-electron chi connectivity index (χ0n) is 11.2. The second-order valence-electron chi connectivity index (χ2n) is 4.65. The molecule has 0 N–H and O–H groups in total. The highest BCUT2D eigenvalue weighted by Crippen LogP contribution is 2.20. The van der Waals surface area contributed by atoms with E-state index in [-0.39, 0.29) is 16.1 Å². The van der Waals surface area contributed by atoms with Crippen molar-refractivity contribution in [2.75, 3.05) is 7.05 Å². The molecule has 3 nitrogen and oxygen atoms in total. The first-order valence-electron chi connectivity index (χ1n) is 6.09. The van der Waals surface area contributed by atoms with Crippen LogP contribution in [0.1, 0.15) is 21.5 Å². The summed E-state index contributed by atoms with van der Waals surface area (Å²) in [5, 5.41) is 0.478. The highest BCUT2D eigenvalue weighted by molar-refractivity contribution is 6.41. The first-order chi connectivity index (χ1) is 9.47. The van der Waals surface area contributed by atoms with Crippen molar-refractivity contribution >= 4 is 29.1 Å². The number of pyridine rings is 1. The molecule has 0 atom stereocenters. The van der Waals surface area contributed by atoms with E-state index in [0.717, 1.165) is 5.56 Å². The smallest absolute Gasteiger partial charge is 0.255 e. The lowest BCUT2D eigenvalue weighted by Crippen LogP contribution is -2.26. The maximum Gasteiger partial charge on any atom is 0.255 e. The number of aromatic nitrogens is 1. The van der Waals surface area contributed by atoms with Crippen LogP contribution in [0, 0.1) is 6.92 Å². The largest absolute Gasteiger partial charge is 0.337 e. The van der Waals surface area contributed by atoms with Crippen molar-refractivity contribution in [3.8, 4) is 0 Å². The number of carbonyl (C=O) groups is 1. The molecule has 0 aliphatic carbocycles. The highest BCUT2D eigenvalue weighted by atomic mass is 35.5. The minimum Gasteiger partial charge on any atom is -0.337 e. The molecule has 1 aromatic carbocycles. The van der Waals surface area contributed by atoms with Crippen LogP contribution < -0.4 is 0 Å². The number of hydrogen-bond donors (Lipinski definition) is 0. The molecular formula is C15H14Cl2N2O.